The van der Waals surface area contributed by atoms with Gasteiger partial charge in [-0.2, -0.15) is 0 Å². The molecule has 1 nitrogen and oxygen atoms in total. The highest BCUT2D eigenvalue weighted by molar-refractivity contribution is 8.10. The third kappa shape index (κ3) is 3.40. The summed E-state index contributed by atoms with van der Waals surface area (Å²) >= 11 is 1.63. The molecule has 0 aliphatic carbocycles. The van der Waals surface area contributed by atoms with Gasteiger partial charge in [0.05, 0.1) is 0 Å². The molecular weight excluding hydrogens is 190 g/mol. The minimum atomic E-state index is 0.606. The lowest BCUT2D eigenvalue weighted by Crippen LogP contribution is -1.98. The second kappa shape index (κ2) is 5.68. The number of benzene rings is 1. The maximum Gasteiger partial charge on any atom is 0.0142 e. The molecule has 0 spiro atoms. The lowest BCUT2D eigenvalue weighted by molar-refractivity contribution is 1.15. The van der Waals surface area contributed by atoms with Crippen molar-refractivity contribution < 1.29 is 0 Å². The molecule has 0 aliphatic heterocycles. The maximum absolute atomic E-state index is 5.49. The molecule has 1 rings (SSSR count). The average molecular weight is 205 g/mol. The largest absolute Gasteiger partial charge is 0.327 e. The molecule has 1 aromatic carbocycles. The molecular formula is C12H15NS. The van der Waals surface area contributed by atoms with Gasteiger partial charge in [-0.25, -0.2) is 0 Å². The fourth-order valence-electron chi connectivity index (χ4n) is 0.912. The van der Waals surface area contributed by atoms with E-state index in [1.807, 2.05) is 25.1 Å². The Kier molecular flexibility index (Phi) is 4.50. The summed E-state index contributed by atoms with van der Waals surface area (Å²) in [5.74, 6) is 0. The van der Waals surface area contributed by atoms with E-state index in [0.717, 1.165) is 4.91 Å². The van der Waals surface area contributed by atoms with Crippen molar-refractivity contribution in [1.29, 1.82) is 0 Å². The summed E-state index contributed by atoms with van der Waals surface area (Å²) in [6.07, 6.45) is 0. The summed E-state index contributed by atoms with van der Waals surface area (Å²) < 4.78 is 0. The second-order valence-electron chi connectivity index (χ2n) is 3.08. The molecule has 0 atom stereocenters. The van der Waals surface area contributed by atoms with Crippen molar-refractivity contribution in [2.24, 2.45) is 5.73 Å². The van der Waals surface area contributed by atoms with Crippen molar-refractivity contribution in [3.63, 3.8) is 0 Å². The van der Waals surface area contributed by atoms with Crippen molar-refractivity contribution in [2.75, 3.05) is 6.54 Å². The van der Waals surface area contributed by atoms with Gasteiger partial charge in [-0.3, -0.25) is 0 Å². The molecule has 0 fully saturated rings. The minimum Gasteiger partial charge on any atom is -0.327 e. The molecule has 0 saturated heterocycles. The number of hydrogen-bond acceptors (Lipinski definition) is 2. The van der Waals surface area contributed by atoms with E-state index in [-0.39, 0.29) is 0 Å². The first-order valence-electron chi connectivity index (χ1n) is 4.50. The van der Waals surface area contributed by atoms with Crippen LogP contribution in [0.25, 0.3) is 4.91 Å². The van der Waals surface area contributed by atoms with E-state index in [4.69, 9.17) is 5.73 Å². The summed E-state index contributed by atoms with van der Waals surface area (Å²) in [6.45, 7) is 6.63. The number of thioether (sulfide) groups is 1. The van der Waals surface area contributed by atoms with Gasteiger partial charge in [-0.05, 0) is 17.9 Å². The van der Waals surface area contributed by atoms with Gasteiger partial charge < -0.3 is 5.73 Å². The number of hydrogen-bond donors (Lipinski definition) is 1. The smallest absolute Gasteiger partial charge is 0.0142 e. The second-order valence-corrected chi connectivity index (χ2v) is 4.04. The lowest BCUT2D eigenvalue weighted by Gasteiger charge is -2.02. The molecule has 0 radical (unpaired) electrons. The van der Waals surface area contributed by atoms with Crippen molar-refractivity contribution in [3.8, 4) is 0 Å². The van der Waals surface area contributed by atoms with Crippen LogP contribution in [-0.4, -0.2) is 6.54 Å². The van der Waals surface area contributed by atoms with Gasteiger partial charge in [0.1, 0.15) is 0 Å². The van der Waals surface area contributed by atoms with E-state index < -0.39 is 0 Å². The summed E-state index contributed by atoms with van der Waals surface area (Å²) in [4.78, 5) is 1.05. The molecule has 1 aromatic rings. The topological polar surface area (TPSA) is 26.0 Å². The quantitative estimate of drug-likeness (QED) is 0.816. The lowest BCUT2D eigenvalue weighted by atomic mass is 10.2. The number of rotatable bonds is 4. The van der Waals surface area contributed by atoms with Crippen molar-refractivity contribution >= 4 is 16.7 Å². The summed E-state index contributed by atoms with van der Waals surface area (Å²) in [5.41, 5.74) is 7.82. The normalized spacial score (nSPS) is 11.4. The van der Waals surface area contributed by atoms with Gasteiger partial charge in [0.25, 0.3) is 0 Å². The van der Waals surface area contributed by atoms with Crippen LogP contribution < -0.4 is 5.73 Å². The fraction of sp³-hybridized carbons (Fsp3) is 0.167. The minimum absolute atomic E-state index is 0.606. The van der Waals surface area contributed by atoms with Gasteiger partial charge in [0, 0.05) is 11.4 Å². The zero-order chi connectivity index (χ0) is 10.4. The third-order valence-corrected chi connectivity index (χ3v) is 2.86. The Morgan fingerprint density at radius 3 is 2.64 bits per heavy atom. The Morgan fingerprint density at radius 2 is 2.07 bits per heavy atom. The van der Waals surface area contributed by atoms with Crippen LogP contribution in [0.4, 0.5) is 0 Å². The molecule has 0 aliphatic rings. The van der Waals surface area contributed by atoms with Crippen LogP contribution in [0, 0.1) is 0 Å². The molecule has 0 bridgehead atoms. The molecule has 2 N–H and O–H groups in total. The maximum atomic E-state index is 5.49. The molecule has 14 heavy (non-hydrogen) atoms. The van der Waals surface area contributed by atoms with Crippen LogP contribution in [0.1, 0.15) is 12.5 Å². The zero-order valence-electron chi connectivity index (χ0n) is 8.36. The highest BCUT2D eigenvalue weighted by Crippen LogP contribution is 2.26. The Labute approximate surface area is 89.7 Å². The average Bonchev–Trinajstić information content (AvgIpc) is 2.26. The first kappa shape index (κ1) is 11.1. The SMILES string of the molecule is C=C(S/C=C(\C)CN)c1ccccc1. The third-order valence-electron chi connectivity index (χ3n) is 1.82. The standard InChI is InChI=1S/C12H15NS/c1-10(8-13)9-14-11(2)12-6-4-3-5-7-12/h3-7,9H,2,8,13H2,1H3/b10-9+. The summed E-state index contributed by atoms with van der Waals surface area (Å²) in [6, 6.07) is 10.1. The zero-order valence-corrected chi connectivity index (χ0v) is 9.18. The van der Waals surface area contributed by atoms with Crippen LogP contribution in [0.5, 0.6) is 0 Å². The predicted octanol–water partition coefficient (Wildman–Crippen LogP) is 3.25. The molecule has 0 aromatic heterocycles. The molecule has 0 unspecified atom stereocenters. The molecule has 0 amide bonds. The van der Waals surface area contributed by atoms with E-state index in [0.29, 0.717) is 6.54 Å². The van der Waals surface area contributed by atoms with Gasteiger partial charge in [-0.1, -0.05) is 54.2 Å². The van der Waals surface area contributed by atoms with Crippen LogP contribution in [0.2, 0.25) is 0 Å². The van der Waals surface area contributed by atoms with E-state index in [2.05, 4.69) is 24.1 Å². The molecule has 74 valence electrons. The molecule has 2 heteroatoms. The van der Waals surface area contributed by atoms with E-state index in [9.17, 15) is 0 Å². The number of nitrogens with two attached hydrogens (primary N) is 1. The van der Waals surface area contributed by atoms with Gasteiger partial charge in [-0.15, -0.1) is 0 Å². The van der Waals surface area contributed by atoms with Crippen LogP contribution in [0.15, 0.2) is 47.9 Å². The Morgan fingerprint density at radius 1 is 1.43 bits per heavy atom. The van der Waals surface area contributed by atoms with Gasteiger partial charge >= 0.3 is 0 Å². The van der Waals surface area contributed by atoms with Crippen LogP contribution in [0.3, 0.4) is 0 Å². The van der Waals surface area contributed by atoms with E-state index in [1.165, 1.54) is 11.1 Å². The first-order valence-corrected chi connectivity index (χ1v) is 5.38. The summed E-state index contributed by atoms with van der Waals surface area (Å²) in [5, 5.41) is 2.05. The summed E-state index contributed by atoms with van der Waals surface area (Å²) in [7, 11) is 0. The van der Waals surface area contributed by atoms with E-state index in [1.54, 1.807) is 11.8 Å². The monoisotopic (exact) mass is 205 g/mol. The Bertz CT molecular complexity index is 327. The highest BCUT2D eigenvalue weighted by atomic mass is 32.2. The van der Waals surface area contributed by atoms with E-state index >= 15 is 0 Å². The van der Waals surface area contributed by atoms with Crippen molar-refractivity contribution in [3.05, 3.63) is 53.5 Å². The Hall–Kier alpha value is -0.990. The fourth-order valence-corrected chi connectivity index (χ4v) is 1.62. The van der Waals surface area contributed by atoms with Crippen molar-refractivity contribution in [2.45, 2.75) is 6.92 Å². The molecule has 0 saturated carbocycles. The van der Waals surface area contributed by atoms with Crippen LogP contribution >= 0.6 is 11.8 Å². The highest BCUT2D eigenvalue weighted by Gasteiger charge is 1.96. The molecule has 0 heterocycles. The van der Waals surface area contributed by atoms with Crippen LogP contribution in [-0.2, 0) is 0 Å². The van der Waals surface area contributed by atoms with Crippen molar-refractivity contribution in [1.82, 2.24) is 0 Å². The Balaban J connectivity index is 2.60. The van der Waals surface area contributed by atoms with Gasteiger partial charge in [0.2, 0.25) is 0 Å². The van der Waals surface area contributed by atoms with Gasteiger partial charge in [0.15, 0.2) is 0 Å². The predicted molar refractivity (Wildman–Crippen MR) is 65.9 cm³/mol. The first-order chi connectivity index (χ1) is 6.74.